The summed E-state index contributed by atoms with van der Waals surface area (Å²) in [6.45, 7) is 6.83. The average molecular weight is 304 g/mol. The lowest BCUT2D eigenvalue weighted by atomic mass is 10.1. The number of thiazole rings is 1. The second-order valence-electron chi connectivity index (χ2n) is 5.05. The van der Waals surface area contributed by atoms with Crippen molar-refractivity contribution >= 4 is 11.3 Å². The van der Waals surface area contributed by atoms with Crippen LogP contribution in [0, 0.1) is 0 Å². The fourth-order valence-corrected chi connectivity index (χ4v) is 3.20. The third-order valence-corrected chi connectivity index (χ3v) is 4.53. The molecule has 0 unspecified atom stereocenters. The lowest BCUT2D eigenvalue weighted by Gasteiger charge is -2.02. The number of aryl methyl sites for hydroxylation is 1. The van der Waals surface area contributed by atoms with Crippen LogP contribution in [-0.4, -0.2) is 18.6 Å². The summed E-state index contributed by atoms with van der Waals surface area (Å²) in [6, 6.07) is 8.69. The van der Waals surface area contributed by atoms with Gasteiger partial charge in [-0.2, -0.15) is 0 Å². The number of rotatable bonds is 8. The Morgan fingerprint density at radius 1 is 1.19 bits per heavy atom. The van der Waals surface area contributed by atoms with E-state index in [9.17, 15) is 0 Å². The van der Waals surface area contributed by atoms with Gasteiger partial charge in [0.1, 0.15) is 5.01 Å². The van der Waals surface area contributed by atoms with Gasteiger partial charge in [0.15, 0.2) is 0 Å². The number of hydrogen-bond acceptors (Lipinski definition) is 4. The minimum absolute atomic E-state index is 0.576. The van der Waals surface area contributed by atoms with E-state index in [0.717, 1.165) is 36.6 Å². The molecule has 3 nitrogen and oxygen atoms in total. The summed E-state index contributed by atoms with van der Waals surface area (Å²) in [5.41, 5.74) is 3.61. The van der Waals surface area contributed by atoms with Crippen molar-refractivity contribution < 1.29 is 4.74 Å². The second-order valence-corrected chi connectivity index (χ2v) is 6.13. The van der Waals surface area contributed by atoms with Gasteiger partial charge in [0.2, 0.25) is 0 Å². The third-order valence-electron chi connectivity index (χ3n) is 3.38. The molecule has 1 aromatic carbocycles. The molecule has 0 aliphatic carbocycles. The molecular weight excluding hydrogens is 280 g/mol. The van der Waals surface area contributed by atoms with Crippen LogP contribution in [0.15, 0.2) is 24.3 Å². The summed E-state index contributed by atoms with van der Waals surface area (Å²) in [6.07, 6.45) is 2.21. The molecule has 21 heavy (non-hydrogen) atoms. The van der Waals surface area contributed by atoms with Crippen LogP contribution in [0.25, 0.3) is 10.6 Å². The van der Waals surface area contributed by atoms with Crippen LogP contribution in [0.4, 0.5) is 0 Å². The first kappa shape index (κ1) is 16.1. The van der Waals surface area contributed by atoms with Crippen LogP contribution in [0.3, 0.4) is 0 Å². The predicted molar refractivity (Wildman–Crippen MR) is 89.6 cm³/mol. The minimum atomic E-state index is 0.576. The minimum Gasteiger partial charge on any atom is -0.378 e. The van der Waals surface area contributed by atoms with Crippen LogP contribution in [0.1, 0.15) is 36.4 Å². The fraction of sp³-hybridized carbons (Fsp3) is 0.471. The predicted octanol–water partition coefficient (Wildman–Crippen LogP) is 4.02. The number of ether oxygens (including phenoxy) is 1. The topological polar surface area (TPSA) is 34.2 Å². The number of methoxy groups -OCH3 is 1. The van der Waals surface area contributed by atoms with E-state index in [1.807, 2.05) is 0 Å². The lowest BCUT2D eigenvalue weighted by Crippen LogP contribution is -2.14. The molecule has 1 N–H and O–H groups in total. The van der Waals surface area contributed by atoms with Crippen LogP contribution in [-0.2, 0) is 24.3 Å². The van der Waals surface area contributed by atoms with Crippen molar-refractivity contribution in [1.82, 2.24) is 10.3 Å². The SMILES string of the molecule is CCCNCc1sc(-c2ccc(CC)cc2)nc1COC. The van der Waals surface area contributed by atoms with Gasteiger partial charge in [0, 0.05) is 24.1 Å². The highest BCUT2D eigenvalue weighted by Gasteiger charge is 2.12. The van der Waals surface area contributed by atoms with Gasteiger partial charge < -0.3 is 10.1 Å². The van der Waals surface area contributed by atoms with Crippen molar-refractivity contribution in [2.75, 3.05) is 13.7 Å². The molecule has 1 aromatic heterocycles. The molecule has 4 heteroatoms. The zero-order valence-corrected chi connectivity index (χ0v) is 13.9. The van der Waals surface area contributed by atoms with Crippen molar-refractivity contribution in [1.29, 1.82) is 0 Å². The Bertz CT molecular complexity index is 548. The van der Waals surface area contributed by atoms with Crippen LogP contribution in [0.2, 0.25) is 0 Å². The first-order chi connectivity index (χ1) is 10.3. The quantitative estimate of drug-likeness (QED) is 0.748. The van der Waals surface area contributed by atoms with E-state index >= 15 is 0 Å². The number of benzene rings is 1. The van der Waals surface area contributed by atoms with E-state index in [0.29, 0.717) is 6.61 Å². The Morgan fingerprint density at radius 2 is 1.95 bits per heavy atom. The Kier molecular flexibility index (Phi) is 6.36. The summed E-state index contributed by atoms with van der Waals surface area (Å²) in [5.74, 6) is 0. The van der Waals surface area contributed by atoms with Crippen molar-refractivity contribution in [3.8, 4) is 10.6 Å². The van der Waals surface area contributed by atoms with Gasteiger partial charge in [-0.05, 0) is 24.9 Å². The molecular formula is C17H24N2OS. The van der Waals surface area contributed by atoms with E-state index < -0.39 is 0 Å². The molecule has 0 bridgehead atoms. The first-order valence-corrected chi connectivity index (χ1v) is 8.37. The van der Waals surface area contributed by atoms with E-state index in [4.69, 9.17) is 9.72 Å². The maximum atomic E-state index is 5.28. The highest BCUT2D eigenvalue weighted by atomic mass is 32.1. The summed E-state index contributed by atoms with van der Waals surface area (Å²) in [7, 11) is 1.72. The zero-order chi connectivity index (χ0) is 15.1. The van der Waals surface area contributed by atoms with Crippen LogP contribution >= 0.6 is 11.3 Å². The monoisotopic (exact) mass is 304 g/mol. The molecule has 114 valence electrons. The van der Waals surface area contributed by atoms with E-state index in [1.165, 1.54) is 16.0 Å². The van der Waals surface area contributed by atoms with Crippen LogP contribution < -0.4 is 5.32 Å². The number of aromatic nitrogens is 1. The largest absolute Gasteiger partial charge is 0.378 e. The standard InChI is InChI=1S/C17H24N2OS/c1-4-10-18-11-16-15(12-20-3)19-17(21-16)14-8-6-13(5-2)7-9-14/h6-9,18H,4-5,10-12H2,1-3H3. The molecule has 0 radical (unpaired) electrons. The maximum absolute atomic E-state index is 5.28. The molecule has 0 saturated carbocycles. The molecule has 0 fully saturated rings. The van der Waals surface area contributed by atoms with Crippen molar-refractivity contribution in [2.24, 2.45) is 0 Å². The number of nitrogens with one attached hydrogen (secondary N) is 1. The second kappa shape index (κ2) is 8.27. The molecule has 1 heterocycles. The average Bonchev–Trinajstić information content (AvgIpc) is 2.91. The van der Waals surface area contributed by atoms with Gasteiger partial charge in [-0.3, -0.25) is 0 Å². The molecule has 2 aromatic rings. The number of nitrogens with zero attached hydrogens (tertiary/aromatic N) is 1. The summed E-state index contributed by atoms with van der Waals surface area (Å²) >= 11 is 1.76. The molecule has 2 rings (SSSR count). The Morgan fingerprint density at radius 3 is 2.57 bits per heavy atom. The number of hydrogen-bond donors (Lipinski definition) is 1. The van der Waals surface area contributed by atoms with Gasteiger partial charge in [-0.25, -0.2) is 4.98 Å². The van der Waals surface area contributed by atoms with Gasteiger partial charge in [-0.1, -0.05) is 38.1 Å². The Labute approximate surface area is 131 Å². The summed E-state index contributed by atoms with van der Waals surface area (Å²) < 4.78 is 5.28. The third kappa shape index (κ3) is 4.37. The molecule has 0 atom stereocenters. The Balaban J connectivity index is 2.20. The van der Waals surface area contributed by atoms with E-state index in [2.05, 4.69) is 43.4 Å². The van der Waals surface area contributed by atoms with Gasteiger partial charge in [0.05, 0.1) is 12.3 Å². The van der Waals surface area contributed by atoms with Crippen LogP contribution in [0.5, 0.6) is 0 Å². The molecule has 0 amide bonds. The molecule has 0 spiro atoms. The zero-order valence-electron chi connectivity index (χ0n) is 13.1. The Hall–Kier alpha value is -1.23. The smallest absolute Gasteiger partial charge is 0.124 e. The van der Waals surface area contributed by atoms with Crippen molar-refractivity contribution in [3.05, 3.63) is 40.4 Å². The van der Waals surface area contributed by atoms with Gasteiger partial charge in [0.25, 0.3) is 0 Å². The highest BCUT2D eigenvalue weighted by Crippen LogP contribution is 2.29. The normalized spacial score (nSPS) is 11.0. The highest BCUT2D eigenvalue weighted by molar-refractivity contribution is 7.15. The van der Waals surface area contributed by atoms with E-state index in [-0.39, 0.29) is 0 Å². The maximum Gasteiger partial charge on any atom is 0.124 e. The molecule has 0 saturated heterocycles. The van der Waals surface area contributed by atoms with Gasteiger partial charge in [-0.15, -0.1) is 11.3 Å². The van der Waals surface area contributed by atoms with E-state index in [1.54, 1.807) is 18.4 Å². The fourth-order valence-electron chi connectivity index (χ4n) is 2.16. The molecule has 0 aliphatic rings. The van der Waals surface area contributed by atoms with Crippen molar-refractivity contribution in [2.45, 2.75) is 39.8 Å². The lowest BCUT2D eigenvalue weighted by molar-refractivity contribution is 0.181. The van der Waals surface area contributed by atoms with Gasteiger partial charge >= 0.3 is 0 Å². The molecule has 0 aliphatic heterocycles. The van der Waals surface area contributed by atoms with Crippen molar-refractivity contribution in [3.63, 3.8) is 0 Å². The first-order valence-electron chi connectivity index (χ1n) is 7.56. The summed E-state index contributed by atoms with van der Waals surface area (Å²) in [4.78, 5) is 6.04. The summed E-state index contributed by atoms with van der Waals surface area (Å²) in [5, 5.41) is 4.53.